The van der Waals surface area contributed by atoms with Gasteiger partial charge in [0, 0.05) is 13.2 Å². The second-order valence-corrected chi connectivity index (χ2v) is 1.61. The molecule has 1 rings (SSSR count). The third-order valence-electron chi connectivity index (χ3n) is 0.827. The summed E-state index contributed by atoms with van der Waals surface area (Å²) >= 11 is 0. The molecule has 1 saturated heterocycles. The fourth-order valence-electron chi connectivity index (χ4n) is 0.510. The van der Waals surface area contributed by atoms with Crippen molar-refractivity contribution in [2.24, 2.45) is 5.84 Å². The van der Waals surface area contributed by atoms with Crippen LogP contribution in [-0.2, 0) is 4.74 Å². The zero-order valence-corrected chi connectivity index (χ0v) is 7.76. The van der Waals surface area contributed by atoms with Crippen LogP contribution in [0.4, 0.5) is 0 Å². The van der Waals surface area contributed by atoms with E-state index in [-0.39, 0.29) is 24.8 Å². The summed E-state index contributed by atoms with van der Waals surface area (Å²) in [5, 5.41) is 0. The Kier molecular flexibility index (Phi) is 27.3. The lowest BCUT2D eigenvalue weighted by Gasteiger charge is -1.76. The lowest BCUT2D eigenvalue weighted by Crippen LogP contribution is -2.13. The van der Waals surface area contributed by atoms with Crippen LogP contribution in [0.15, 0.2) is 0 Å². The van der Waals surface area contributed by atoms with E-state index in [0.29, 0.717) is 0 Å². The first kappa shape index (κ1) is 16.8. The van der Waals surface area contributed by atoms with Crippen LogP contribution in [0.1, 0.15) is 12.8 Å². The summed E-state index contributed by atoms with van der Waals surface area (Å²) in [6.45, 7) is 2.00. The Morgan fingerprint density at radius 2 is 1.50 bits per heavy atom. The molecule has 0 aromatic heterocycles. The molecule has 0 aliphatic carbocycles. The number of hydrogen-bond donors (Lipinski definition) is 2. The van der Waals surface area contributed by atoms with Gasteiger partial charge in [-0.15, -0.1) is 24.8 Å². The molecule has 1 fully saturated rings. The monoisotopic (exact) mass is 190 g/mol. The Bertz CT molecular complexity index is 37.0. The molecule has 10 heavy (non-hydrogen) atoms. The summed E-state index contributed by atoms with van der Waals surface area (Å²) in [4.78, 5) is 0. The zero-order chi connectivity index (χ0) is 6.24. The summed E-state index contributed by atoms with van der Waals surface area (Å²) in [6, 6.07) is 0. The van der Waals surface area contributed by atoms with E-state index in [9.17, 15) is 0 Å². The highest BCUT2D eigenvalue weighted by Gasteiger charge is 1.94. The van der Waals surface area contributed by atoms with Gasteiger partial charge in [0.1, 0.15) is 0 Å². The molecule has 0 radical (unpaired) electrons. The lowest BCUT2D eigenvalue weighted by molar-refractivity contribution is 0.198. The predicted octanol–water partition coefficient (Wildman–Crippen LogP) is 0.720. The summed E-state index contributed by atoms with van der Waals surface area (Å²) < 4.78 is 4.94. The van der Waals surface area contributed by atoms with Gasteiger partial charge in [-0.05, 0) is 19.9 Å². The van der Waals surface area contributed by atoms with Crippen molar-refractivity contribution in [3.05, 3.63) is 0 Å². The number of nitrogens with one attached hydrogen (secondary N) is 1. The average molecular weight is 191 g/mol. The molecular weight excluding hydrogens is 175 g/mol. The first-order valence-corrected chi connectivity index (χ1v) is 2.87. The Morgan fingerprint density at radius 1 is 1.20 bits per heavy atom. The topological polar surface area (TPSA) is 47.3 Å². The first-order valence-electron chi connectivity index (χ1n) is 2.87. The molecular formula is C5H16Cl2N2O. The highest BCUT2D eigenvalue weighted by Crippen LogP contribution is 1.98. The second-order valence-electron chi connectivity index (χ2n) is 1.61. The van der Waals surface area contributed by atoms with E-state index in [4.69, 9.17) is 4.74 Å². The van der Waals surface area contributed by atoms with E-state index in [1.54, 1.807) is 7.05 Å². The van der Waals surface area contributed by atoms with Crippen LogP contribution < -0.4 is 11.3 Å². The molecule has 1 heterocycles. The molecule has 66 valence electrons. The van der Waals surface area contributed by atoms with Gasteiger partial charge in [-0.1, -0.05) is 0 Å². The maximum absolute atomic E-state index is 4.94. The smallest absolute Gasteiger partial charge is 0.0466 e. The van der Waals surface area contributed by atoms with Crippen molar-refractivity contribution >= 4 is 24.8 Å². The number of ether oxygens (including phenoxy) is 1. The molecule has 1 aliphatic heterocycles. The molecule has 0 amide bonds. The third kappa shape index (κ3) is 15.8. The van der Waals surface area contributed by atoms with Crippen molar-refractivity contribution < 1.29 is 4.74 Å². The molecule has 1 aliphatic rings. The zero-order valence-electron chi connectivity index (χ0n) is 6.13. The van der Waals surface area contributed by atoms with E-state index in [0.717, 1.165) is 13.2 Å². The number of hydrogen-bond acceptors (Lipinski definition) is 3. The fourth-order valence-corrected chi connectivity index (χ4v) is 0.510. The summed E-state index contributed by atoms with van der Waals surface area (Å²) in [5.41, 5.74) is 2.25. The molecule has 0 aromatic rings. The Hall–Kier alpha value is 0.460. The van der Waals surface area contributed by atoms with Crippen molar-refractivity contribution in [3.63, 3.8) is 0 Å². The van der Waals surface area contributed by atoms with E-state index < -0.39 is 0 Å². The van der Waals surface area contributed by atoms with Gasteiger partial charge < -0.3 is 4.74 Å². The van der Waals surface area contributed by atoms with Crippen LogP contribution in [0.5, 0.6) is 0 Å². The number of hydrazine groups is 1. The maximum atomic E-state index is 4.94. The number of nitrogens with two attached hydrogens (primary N) is 1. The molecule has 5 heteroatoms. The standard InChI is InChI=1S/C4H8O.CH6N2.2ClH/c1-2-4-5-3-1;1-3-2;;/h1-4H2;3H,2H2,1H3;2*1H. The molecule has 0 aromatic carbocycles. The third-order valence-corrected chi connectivity index (χ3v) is 0.827. The van der Waals surface area contributed by atoms with Crippen LogP contribution in [-0.4, -0.2) is 20.3 Å². The molecule has 0 saturated carbocycles. The molecule has 3 N–H and O–H groups in total. The van der Waals surface area contributed by atoms with Gasteiger partial charge in [0.15, 0.2) is 0 Å². The first-order chi connectivity index (χ1) is 3.91. The Morgan fingerprint density at radius 3 is 1.60 bits per heavy atom. The van der Waals surface area contributed by atoms with Crippen LogP contribution in [0, 0.1) is 0 Å². The van der Waals surface area contributed by atoms with Crippen LogP contribution in [0.2, 0.25) is 0 Å². The van der Waals surface area contributed by atoms with Crippen molar-refractivity contribution in [2.75, 3.05) is 20.3 Å². The SMILES string of the molecule is C1CCOC1.CNN.Cl.Cl. The lowest BCUT2D eigenvalue weighted by atomic mass is 10.4. The minimum atomic E-state index is 0. The summed E-state index contributed by atoms with van der Waals surface area (Å²) in [6.07, 6.45) is 2.56. The van der Waals surface area contributed by atoms with Crippen molar-refractivity contribution in [3.8, 4) is 0 Å². The summed E-state index contributed by atoms with van der Waals surface area (Å²) in [7, 11) is 1.65. The largest absolute Gasteiger partial charge is 0.381 e. The molecule has 0 bridgehead atoms. The maximum Gasteiger partial charge on any atom is 0.0466 e. The quantitative estimate of drug-likeness (QED) is 0.438. The Labute approximate surface area is 74.5 Å². The second kappa shape index (κ2) is 16.2. The highest BCUT2D eigenvalue weighted by atomic mass is 35.5. The van der Waals surface area contributed by atoms with Gasteiger partial charge in [-0.3, -0.25) is 11.3 Å². The van der Waals surface area contributed by atoms with Crippen LogP contribution >= 0.6 is 24.8 Å². The van der Waals surface area contributed by atoms with Crippen LogP contribution in [0.3, 0.4) is 0 Å². The molecule has 0 spiro atoms. The minimum absolute atomic E-state index is 0. The van der Waals surface area contributed by atoms with E-state index in [1.807, 2.05) is 0 Å². The predicted molar refractivity (Wildman–Crippen MR) is 47.8 cm³/mol. The summed E-state index contributed by atoms with van der Waals surface area (Å²) in [5.74, 6) is 4.60. The minimum Gasteiger partial charge on any atom is -0.381 e. The average Bonchev–Trinajstić information content (AvgIpc) is 2.17. The van der Waals surface area contributed by atoms with E-state index in [1.165, 1.54) is 12.8 Å². The molecule has 0 unspecified atom stereocenters. The number of rotatable bonds is 0. The van der Waals surface area contributed by atoms with Crippen molar-refractivity contribution in [1.82, 2.24) is 5.43 Å². The van der Waals surface area contributed by atoms with Crippen molar-refractivity contribution in [1.29, 1.82) is 0 Å². The van der Waals surface area contributed by atoms with Crippen molar-refractivity contribution in [2.45, 2.75) is 12.8 Å². The molecule has 3 nitrogen and oxygen atoms in total. The van der Waals surface area contributed by atoms with Gasteiger partial charge in [-0.2, -0.15) is 0 Å². The van der Waals surface area contributed by atoms with E-state index >= 15 is 0 Å². The highest BCUT2D eigenvalue weighted by molar-refractivity contribution is 5.85. The Balaban J connectivity index is -0.0000000900. The van der Waals surface area contributed by atoms with Gasteiger partial charge in [-0.25, -0.2) is 0 Å². The van der Waals surface area contributed by atoms with E-state index in [2.05, 4.69) is 11.3 Å². The van der Waals surface area contributed by atoms with Gasteiger partial charge in [0.2, 0.25) is 0 Å². The number of halogens is 2. The normalized spacial score (nSPS) is 13.8. The fraction of sp³-hybridized carbons (Fsp3) is 1.00. The van der Waals surface area contributed by atoms with Gasteiger partial charge in [0.05, 0.1) is 0 Å². The van der Waals surface area contributed by atoms with Gasteiger partial charge >= 0.3 is 0 Å². The van der Waals surface area contributed by atoms with Gasteiger partial charge in [0.25, 0.3) is 0 Å². The molecule has 0 atom stereocenters. The van der Waals surface area contributed by atoms with Crippen LogP contribution in [0.25, 0.3) is 0 Å².